The van der Waals surface area contributed by atoms with Crippen molar-refractivity contribution in [3.05, 3.63) is 30.4 Å². The molecule has 0 fully saturated rings. The summed E-state index contributed by atoms with van der Waals surface area (Å²) in [6.07, 6.45) is 4.37. The summed E-state index contributed by atoms with van der Waals surface area (Å²) in [6, 6.07) is 1.68. The Hall–Kier alpha value is -2.44. The molecule has 0 aromatic carbocycles. The van der Waals surface area contributed by atoms with Crippen molar-refractivity contribution in [2.75, 3.05) is 11.1 Å². The summed E-state index contributed by atoms with van der Waals surface area (Å²) in [5.74, 6) is 0.367. The van der Waals surface area contributed by atoms with E-state index in [9.17, 15) is 4.79 Å². The Morgan fingerprint density at radius 1 is 1.44 bits per heavy atom. The number of carbonyl (C=O) groups excluding carboxylic acids is 1. The molecule has 0 aliphatic heterocycles. The minimum atomic E-state index is -0.369. The minimum Gasteiger partial charge on any atom is -0.382 e. The van der Waals surface area contributed by atoms with Crippen molar-refractivity contribution in [1.29, 1.82) is 0 Å². The Morgan fingerprint density at radius 3 is 2.81 bits per heavy atom. The highest BCUT2D eigenvalue weighted by Gasteiger charge is 2.09. The van der Waals surface area contributed by atoms with E-state index >= 15 is 0 Å². The van der Waals surface area contributed by atoms with E-state index in [0.29, 0.717) is 5.82 Å². The number of nitrogens with zero attached hydrogens (tertiary/aromatic N) is 4. The number of anilines is 2. The van der Waals surface area contributed by atoms with Gasteiger partial charge in [0.1, 0.15) is 11.5 Å². The summed E-state index contributed by atoms with van der Waals surface area (Å²) >= 11 is 0. The summed E-state index contributed by atoms with van der Waals surface area (Å²) in [6.45, 7) is 0. The monoisotopic (exact) mass is 218 g/mol. The van der Waals surface area contributed by atoms with E-state index in [2.05, 4.69) is 20.4 Å². The van der Waals surface area contributed by atoms with E-state index < -0.39 is 0 Å². The molecular weight excluding hydrogens is 208 g/mol. The Morgan fingerprint density at radius 2 is 2.25 bits per heavy atom. The smallest absolute Gasteiger partial charge is 0.277 e. The van der Waals surface area contributed by atoms with Crippen LogP contribution in [0.25, 0.3) is 0 Å². The average Bonchev–Trinajstić information content (AvgIpc) is 2.65. The zero-order valence-electron chi connectivity index (χ0n) is 8.58. The fraction of sp³-hybridized carbons (Fsp3) is 0.111. The van der Waals surface area contributed by atoms with Crippen molar-refractivity contribution in [3.63, 3.8) is 0 Å². The zero-order chi connectivity index (χ0) is 11.5. The van der Waals surface area contributed by atoms with Gasteiger partial charge in [0.05, 0.1) is 12.4 Å². The van der Waals surface area contributed by atoms with Crippen LogP contribution in [0.15, 0.2) is 24.7 Å². The van der Waals surface area contributed by atoms with Crippen molar-refractivity contribution < 1.29 is 4.79 Å². The number of nitrogens with two attached hydrogens (primary N) is 1. The van der Waals surface area contributed by atoms with Crippen LogP contribution in [0.3, 0.4) is 0 Å². The van der Waals surface area contributed by atoms with Crippen LogP contribution in [-0.4, -0.2) is 25.7 Å². The number of rotatable bonds is 2. The first kappa shape index (κ1) is 10.1. The lowest BCUT2D eigenvalue weighted by molar-refractivity contribution is 0.102. The molecule has 7 heteroatoms. The van der Waals surface area contributed by atoms with E-state index in [0.717, 1.165) is 0 Å². The van der Waals surface area contributed by atoms with Crippen molar-refractivity contribution in [1.82, 2.24) is 19.7 Å². The summed E-state index contributed by atoms with van der Waals surface area (Å²) in [7, 11) is 1.76. The van der Waals surface area contributed by atoms with Crippen LogP contribution >= 0.6 is 0 Å². The first-order chi connectivity index (χ1) is 7.65. The van der Waals surface area contributed by atoms with Crippen LogP contribution in [0, 0.1) is 0 Å². The molecule has 0 atom stereocenters. The molecule has 0 spiro atoms. The molecule has 0 radical (unpaired) electrons. The van der Waals surface area contributed by atoms with Gasteiger partial charge in [-0.25, -0.2) is 9.97 Å². The third-order valence-corrected chi connectivity index (χ3v) is 1.86. The molecule has 7 nitrogen and oxygen atoms in total. The van der Waals surface area contributed by atoms with Crippen LogP contribution in [0.5, 0.6) is 0 Å². The molecule has 16 heavy (non-hydrogen) atoms. The van der Waals surface area contributed by atoms with Gasteiger partial charge in [-0.2, -0.15) is 5.10 Å². The summed E-state index contributed by atoms with van der Waals surface area (Å²) in [5.41, 5.74) is 5.56. The molecule has 2 rings (SSSR count). The second-order valence-electron chi connectivity index (χ2n) is 3.16. The molecule has 0 saturated carbocycles. The van der Waals surface area contributed by atoms with Gasteiger partial charge in [0, 0.05) is 19.3 Å². The van der Waals surface area contributed by atoms with Gasteiger partial charge >= 0.3 is 0 Å². The largest absolute Gasteiger partial charge is 0.382 e. The molecule has 1 amide bonds. The number of aromatic nitrogens is 4. The Balaban J connectivity index is 2.11. The van der Waals surface area contributed by atoms with Crippen molar-refractivity contribution in [2.24, 2.45) is 7.05 Å². The van der Waals surface area contributed by atoms with Gasteiger partial charge in [-0.05, 0) is 0 Å². The third kappa shape index (κ3) is 2.14. The van der Waals surface area contributed by atoms with E-state index in [1.165, 1.54) is 12.4 Å². The molecule has 3 N–H and O–H groups in total. The number of nitrogens with one attached hydrogen (secondary N) is 1. The molecule has 0 unspecified atom stereocenters. The van der Waals surface area contributed by atoms with Crippen molar-refractivity contribution >= 4 is 17.5 Å². The quantitative estimate of drug-likeness (QED) is 0.741. The summed E-state index contributed by atoms with van der Waals surface area (Å²) in [5, 5.41) is 6.59. The molecular formula is C9H10N6O. The standard InChI is InChI=1S/C9H10N6O/c1-15-3-2-8(14-15)13-9(16)6-4-12-7(10)5-11-6/h2-5H,1H3,(H2,10,12)(H,13,14,16). The van der Waals surface area contributed by atoms with Gasteiger partial charge in [-0.3, -0.25) is 9.48 Å². The van der Waals surface area contributed by atoms with Gasteiger partial charge in [0.2, 0.25) is 0 Å². The van der Waals surface area contributed by atoms with Crippen LogP contribution in [0.2, 0.25) is 0 Å². The fourth-order valence-corrected chi connectivity index (χ4v) is 1.12. The molecule has 2 heterocycles. The van der Waals surface area contributed by atoms with Crippen LogP contribution < -0.4 is 11.1 Å². The second-order valence-corrected chi connectivity index (χ2v) is 3.16. The first-order valence-corrected chi connectivity index (χ1v) is 4.53. The normalized spacial score (nSPS) is 10.1. The highest BCUT2D eigenvalue weighted by molar-refractivity contribution is 6.02. The number of hydrogen-bond donors (Lipinski definition) is 2. The lowest BCUT2D eigenvalue weighted by atomic mass is 10.4. The average molecular weight is 218 g/mol. The summed E-state index contributed by atoms with van der Waals surface area (Å²) in [4.78, 5) is 19.3. The van der Waals surface area contributed by atoms with Crippen molar-refractivity contribution in [2.45, 2.75) is 0 Å². The number of amides is 1. The molecule has 2 aromatic rings. The predicted octanol–water partition coefficient (Wildman–Crippen LogP) is 0.0446. The number of aryl methyl sites for hydroxylation is 1. The Kier molecular flexibility index (Phi) is 2.50. The van der Waals surface area contributed by atoms with Crippen LogP contribution in [0.4, 0.5) is 11.6 Å². The maximum Gasteiger partial charge on any atom is 0.277 e. The third-order valence-electron chi connectivity index (χ3n) is 1.86. The Labute approximate surface area is 91.3 Å². The number of nitrogen functional groups attached to an aromatic ring is 1. The Bertz CT molecular complexity index is 503. The molecule has 0 aliphatic rings. The maximum absolute atomic E-state index is 11.6. The maximum atomic E-state index is 11.6. The molecule has 0 saturated heterocycles. The van der Waals surface area contributed by atoms with E-state index in [1.54, 1.807) is 24.0 Å². The predicted molar refractivity (Wildman–Crippen MR) is 57.6 cm³/mol. The van der Waals surface area contributed by atoms with Gasteiger partial charge in [0.15, 0.2) is 5.82 Å². The van der Waals surface area contributed by atoms with Crippen molar-refractivity contribution in [3.8, 4) is 0 Å². The van der Waals surface area contributed by atoms with Gasteiger partial charge < -0.3 is 11.1 Å². The summed E-state index contributed by atoms with van der Waals surface area (Å²) < 4.78 is 1.59. The van der Waals surface area contributed by atoms with Gasteiger partial charge in [-0.15, -0.1) is 0 Å². The van der Waals surface area contributed by atoms with Crippen LogP contribution in [0.1, 0.15) is 10.5 Å². The van der Waals surface area contributed by atoms with E-state index in [-0.39, 0.29) is 17.4 Å². The second kappa shape index (κ2) is 3.97. The fourth-order valence-electron chi connectivity index (χ4n) is 1.12. The number of hydrogen-bond acceptors (Lipinski definition) is 5. The van der Waals surface area contributed by atoms with Crippen LogP contribution in [-0.2, 0) is 7.05 Å². The van der Waals surface area contributed by atoms with E-state index in [1.807, 2.05) is 0 Å². The number of carbonyl (C=O) groups is 1. The van der Waals surface area contributed by atoms with Gasteiger partial charge in [-0.1, -0.05) is 0 Å². The molecule has 82 valence electrons. The SMILES string of the molecule is Cn1ccc(NC(=O)c2cnc(N)cn2)n1. The lowest BCUT2D eigenvalue weighted by Gasteiger charge is -2.00. The lowest BCUT2D eigenvalue weighted by Crippen LogP contribution is -2.14. The molecule has 0 bridgehead atoms. The highest BCUT2D eigenvalue weighted by Crippen LogP contribution is 2.04. The molecule has 0 aliphatic carbocycles. The first-order valence-electron chi connectivity index (χ1n) is 4.53. The topological polar surface area (TPSA) is 98.7 Å². The van der Waals surface area contributed by atoms with E-state index in [4.69, 9.17) is 5.73 Å². The minimum absolute atomic E-state index is 0.194. The highest BCUT2D eigenvalue weighted by atomic mass is 16.2. The van der Waals surface area contributed by atoms with Gasteiger partial charge in [0.25, 0.3) is 5.91 Å². The molecule has 2 aromatic heterocycles. The zero-order valence-corrected chi connectivity index (χ0v) is 8.58.